The Morgan fingerprint density at radius 2 is 0.366 bits per heavy atom. The van der Waals surface area contributed by atoms with E-state index in [2.05, 4.69) is 20.8 Å². The van der Waals surface area contributed by atoms with Gasteiger partial charge in [0.15, 0.2) is 0 Å². The summed E-state index contributed by atoms with van der Waals surface area (Å²) in [4.78, 5) is 115. The van der Waals surface area contributed by atoms with Crippen molar-refractivity contribution in [3.05, 3.63) is 0 Å². The molecule has 590 valence electrons. The predicted octanol–water partition coefficient (Wildman–Crippen LogP) is 21.3. The molecule has 101 heavy (non-hydrogen) atoms. The Morgan fingerprint density at radius 3 is 0.545 bits per heavy atom. The molecule has 0 heterocycles. The van der Waals surface area contributed by atoms with Gasteiger partial charge in [-0.1, -0.05) is 178 Å². The second-order valence-corrected chi connectivity index (χ2v) is 29.2. The van der Waals surface area contributed by atoms with Crippen molar-refractivity contribution in [3.63, 3.8) is 0 Å². The number of carbonyl (C=O) groups excluding carboxylic acids is 9. The van der Waals surface area contributed by atoms with Gasteiger partial charge < -0.3 is 42.6 Å². The van der Waals surface area contributed by atoms with Gasteiger partial charge in [0.05, 0.1) is 5.41 Å². The quantitative estimate of drug-likeness (QED) is 0.0312. The molecule has 0 saturated carbocycles. The summed E-state index contributed by atoms with van der Waals surface area (Å²) in [7, 11) is 0. The number of ether oxygens (including phenoxy) is 9. The van der Waals surface area contributed by atoms with Gasteiger partial charge in [0.1, 0.15) is 56.4 Å². The molecular weight excluding hydrogens is 1280 g/mol. The fourth-order valence-corrected chi connectivity index (χ4v) is 12.4. The zero-order chi connectivity index (χ0) is 74.8. The standard InChI is InChI=1S/C83H150O18/c1-11-20-23-35-50-68(96-77(87)44-14-4)59-62-71(99-80(90)47-17-7)53-38-29-26-32-41-56-74(84)93-65-83(10,66-94-75(85)57-42-33-27-30-39-54-72(100-81(91)48-18-8)63-60-69(51-36-24-21-12-2)97-78(88)45-15-5)67-95-76(86)58-43-34-28-31-40-55-73(101-82(92)49-19-9)64-61-70(52-37-25-22-13-3)98-79(89)46-16-6/h68-73H,11-67H2,1-10H3. The maximum absolute atomic E-state index is 13.3. The number of rotatable bonds is 72. The lowest BCUT2D eigenvalue weighted by molar-refractivity contribution is -0.161. The van der Waals surface area contributed by atoms with Crippen LogP contribution in [0, 0.1) is 5.41 Å². The van der Waals surface area contributed by atoms with Gasteiger partial charge in [0, 0.05) is 57.8 Å². The molecule has 0 amide bonds. The lowest BCUT2D eigenvalue weighted by Crippen LogP contribution is -2.37. The monoisotopic (exact) mass is 1440 g/mol. The van der Waals surface area contributed by atoms with Gasteiger partial charge in [-0.05, 0) is 180 Å². The maximum atomic E-state index is 13.3. The van der Waals surface area contributed by atoms with Crippen LogP contribution in [0.15, 0.2) is 0 Å². The van der Waals surface area contributed by atoms with Crippen LogP contribution in [0.5, 0.6) is 0 Å². The van der Waals surface area contributed by atoms with Gasteiger partial charge in [-0.3, -0.25) is 43.2 Å². The third-order valence-electron chi connectivity index (χ3n) is 18.6. The Balaban J connectivity index is 5.73. The maximum Gasteiger partial charge on any atom is 0.306 e. The van der Waals surface area contributed by atoms with E-state index in [0.717, 1.165) is 193 Å². The first-order chi connectivity index (χ1) is 48.8. The van der Waals surface area contributed by atoms with Gasteiger partial charge in [0.2, 0.25) is 0 Å². The second kappa shape index (κ2) is 67.1. The number of esters is 9. The molecular formula is C83H150O18. The average Bonchev–Trinajstić information content (AvgIpc) is 0.913. The van der Waals surface area contributed by atoms with Crippen molar-refractivity contribution in [2.45, 2.75) is 453 Å². The number of carbonyl (C=O) groups is 9. The first-order valence-electron chi connectivity index (χ1n) is 41.5. The highest BCUT2D eigenvalue weighted by atomic mass is 16.6. The molecule has 18 nitrogen and oxygen atoms in total. The minimum atomic E-state index is -1.00. The molecule has 0 radical (unpaired) electrons. The van der Waals surface area contributed by atoms with Crippen LogP contribution in [0.4, 0.5) is 0 Å². The van der Waals surface area contributed by atoms with E-state index in [4.69, 9.17) is 42.6 Å². The molecule has 0 saturated heterocycles. The van der Waals surface area contributed by atoms with E-state index < -0.39 is 5.41 Å². The number of unbranched alkanes of at least 4 members (excludes halogenated alkanes) is 21. The molecule has 6 atom stereocenters. The van der Waals surface area contributed by atoms with Crippen molar-refractivity contribution < 1.29 is 85.8 Å². The summed E-state index contributed by atoms with van der Waals surface area (Å²) in [6, 6.07) is 0. The minimum Gasteiger partial charge on any atom is -0.465 e. The van der Waals surface area contributed by atoms with E-state index in [0.29, 0.717) is 135 Å². The van der Waals surface area contributed by atoms with Crippen LogP contribution in [0.25, 0.3) is 0 Å². The first kappa shape index (κ1) is 96.2. The van der Waals surface area contributed by atoms with E-state index >= 15 is 0 Å². The SMILES string of the molecule is CCCCCCC(CCC(CCCCCCCC(=O)OCC(C)(COC(=O)CCCCCCCC(CCC(CCCCCC)OC(=O)CCC)OC(=O)CCC)COC(=O)CCCCCCCC(CCC(CCCCCC)OC(=O)CCC)OC(=O)CCC)OC(=O)CCC)OC(=O)CCC. The Morgan fingerprint density at radius 1 is 0.198 bits per heavy atom. The highest BCUT2D eigenvalue weighted by molar-refractivity contribution is 5.72. The van der Waals surface area contributed by atoms with Gasteiger partial charge in [-0.25, -0.2) is 0 Å². The smallest absolute Gasteiger partial charge is 0.306 e. The molecule has 0 aliphatic heterocycles. The zero-order valence-corrected chi connectivity index (χ0v) is 66.1. The van der Waals surface area contributed by atoms with E-state index in [-0.39, 0.29) is 129 Å². The van der Waals surface area contributed by atoms with Crippen LogP contribution < -0.4 is 0 Å². The molecule has 0 aromatic rings. The van der Waals surface area contributed by atoms with Gasteiger partial charge in [0.25, 0.3) is 0 Å². The lowest BCUT2D eigenvalue weighted by atomic mass is 9.94. The van der Waals surface area contributed by atoms with Crippen LogP contribution in [-0.2, 0) is 85.8 Å². The van der Waals surface area contributed by atoms with E-state index in [9.17, 15) is 43.2 Å². The summed E-state index contributed by atoms with van der Waals surface area (Å²) in [5.41, 5.74) is -1.00. The number of hydrogen-bond donors (Lipinski definition) is 0. The fraction of sp³-hybridized carbons (Fsp3) is 0.892. The van der Waals surface area contributed by atoms with Crippen LogP contribution in [-0.4, -0.2) is 110 Å². The topological polar surface area (TPSA) is 237 Å². The predicted molar refractivity (Wildman–Crippen MR) is 401 cm³/mol. The first-order valence-corrected chi connectivity index (χ1v) is 41.5. The summed E-state index contributed by atoms with van der Waals surface area (Å²) in [6.45, 7) is 19.7. The molecule has 18 heteroatoms. The average molecular weight is 1440 g/mol. The van der Waals surface area contributed by atoms with Gasteiger partial charge in [-0.2, -0.15) is 0 Å². The van der Waals surface area contributed by atoms with Crippen molar-refractivity contribution in [3.8, 4) is 0 Å². The normalized spacial score (nSPS) is 13.7. The zero-order valence-electron chi connectivity index (χ0n) is 66.1. The molecule has 0 aliphatic rings. The Hall–Kier alpha value is -4.77. The van der Waals surface area contributed by atoms with Crippen LogP contribution >= 0.6 is 0 Å². The second-order valence-electron chi connectivity index (χ2n) is 29.2. The van der Waals surface area contributed by atoms with Crippen molar-refractivity contribution in [2.24, 2.45) is 5.41 Å². The van der Waals surface area contributed by atoms with Gasteiger partial charge >= 0.3 is 53.7 Å². The molecule has 6 unspecified atom stereocenters. The van der Waals surface area contributed by atoms with Crippen LogP contribution in [0.2, 0.25) is 0 Å². The minimum absolute atomic E-state index is 0.112. The van der Waals surface area contributed by atoms with E-state index in [1.165, 1.54) is 0 Å². The Kier molecular flexibility index (Phi) is 64.0. The summed E-state index contributed by atoms with van der Waals surface area (Å²) in [5.74, 6) is -2.29. The molecule has 0 spiro atoms. The molecule has 0 N–H and O–H groups in total. The third kappa shape index (κ3) is 59.2. The van der Waals surface area contributed by atoms with Crippen molar-refractivity contribution in [1.82, 2.24) is 0 Å². The van der Waals surface area contributed by atoms with Crippen molar-refractivity contribution >= 4 is 53.7 Å². The Bertz CT molecular complexity index is 1870. The fourth-order valence-electron chi connectivity index (χ4n) is 12.4. The third-order valence-corrected chi connectivity index (χ3v) is 18.6. The molecule has 0 aromatic carbocycles. The highest BCUT2D eigenvalue weighted by Crippen LogP contribution is 2.27. The highest BCUT2D eigenvalue weighted by Gasteiger charge is 2.31. The summed E-state index contributed by atoms with van der Waals surface area (Å²) in [6.07, 6.45) is 39.5. The van der Waals surface area contributed by atoms with Crippen molar-refractivity contribution in [1.29, 1.82) is 0 Å². The molecule has 0 aliphatic carbocycles. The van der Waals surface area contributed by atoms with Crippen LogP contribution in [0.3, 0.4) is 0 Å². The molecule has 0 fully saturated rings. The van der Waals surface area contributed by atoms with Crippen molar-refractivity contribution in [2.75, 3.05) is 19.8 Å². The molecule has 0 aromatic heterocycles. The van der Waals surface area contributed by atoms with Crippen LogP contribution in [0.1, 0.15) is 416 Å². The van der Waals surface area contributed by atoms with Gasteiger partial charge in [-0.15, -0.1) is 0 Å². The largest absolute Gasteiger partial charge is 0.465 e. The summed E-state index contributed by atoms with van der Waals surface area (Å²) >= 11 is 0. The number of hydrogen-bond acceptors (Lipinski definition) is 18. The summed E-state index contributed by atoms with van der Waals surface area (Å²) < 4.78 is 53.0. The summed E-state index contributed by atoms with van der Waals surface area (Å²) in [5, 5.41) is 0. The van der Waals surface area contributed by atoms with E-state index in [1.807, 2.05) is 41.5 Å². The Labute approximate surface area is 614 Å². The molecule has 0 rings (SSSR count). The van der Waals surface area contributed by atoms with E-state index in [1.54, 1.807) is 6.92 Å². The molecule has 0 bridgehead atoms. The lowest BCUT2D eigenvalue weighted by Gasteiger charge is -2.28.